The van der Waals surface area contributed by atoms with Crippen molar-refractivity contribution in [1.82, 2.24) is 14.7 Å². The number of likely N-dealkylation sites (N-methyl/N-ethyl adjacent to an activating group) is 1. The van der Waals surface area contributed by atoms with Crippen molar-refractivity contribution in [3.8, 4) is 0 Å². The summed E-state index contributed by atoms with van der Waals surface area (Å²) in [6.45, 7) is 7.90. The molecule has 0 aromatic carbocycles. The van der Waals surface area contributed by atoms with Gasteiger partial charge in [-0.15, -0.1) is 0 Å². The number of halogens is 2. The first-order valence-electron chi connectivity index (χ1n) is 7.87. The van der Waals surface area contributed by atoms with Gasteiger partial charge < -0.3 is 14.5 Å². The van der Waals surface area contributed by atoms with E-state index < -0.39 is 30.2 Å². The van der Waals surface area contributed by atoms with Crippen LogP contribution in [0.5, 0.6) is 0 Å². The second-order valence-electron chi connectivity index (χ2n) is 7.31. The Kier molecular flexibility index (Phi) is 4.96. The molecule has 5 nitrogen and oxygen atoms in total. The minimum absolute atomic E-state index is 0.288. The maximum absolute atomic E-state index is 14.5. The Morgan fingerprint density at radius 1 is 1.14 bits per heavy atom. The van der Waals surface area contributed by atoms with Crippen LogP contribution in [0.15, 0.2) is 0 Å². The van der Waals surface area contributed by atoms with E-state index in [0.717, 1.165) is 18.0 Å². The molecule has 2 rings (SSSR count). The fraction of sp³-hybridized carbons (Fsp3) is 0.933. The predicted molar refractivity (Wildman–Crippen MR) is 80.2 cm³/mol. The molecular formula is C15H27F2N3O2. The van der Waals surface area contributed by atoms with Gasteiger partial charge in [-0.05, 0) is 34.2 Å². The summed E-state index contributed by atoms with van der Waals surface area (Å²) in [5.41, 5.74) is -0.666. The number of nitrogens with zero attached hydrogens (tertiary/aromatic N) is 3. The normalized spacial score (nSPS) is 27.7. The van der Waals surface area contributed by atoms with Gasteiger partial charge in [0.05, 0.1) is 12.6 Å². The van der Waals surface area contributed by atoms with Crippen molar-refractivity contribution < 1.29 is 18.3 Å². The number of amides is 1. The van der Waals surface area contributed by atoms with Crippen LogP contribution in [-0.4, -0.2) is 84.7 Å². The van der Waals surface area contributed by atoms with Crippen molar-refractivity contribution in [3.63, 3.8) is 0 Å². The Bertz CT molecular complexity index is 404. The van der Waals surface area contributed by atoms with Gasteiger partial charge in [0.2, 0.25) is 0 Å². The number of piperidine rings is 1. The van der Waals surface area contributed by atoms with E-state index in [9.17, 15) is 13.6 Å². The zero-order chi connectivity index (χ0) is 16.5. The van der Waals surface area contributed by atoms with Crippen LogP contribution >= 0.6 is 0 Å². The van der Waals surface area contributed by atoms with Gasteiger partial charge in [-0.1, -0.05) is 0 Å². The monoisotopic (exact) mass is 319 g/mol. The third-order valence-electron chi connectivity index (χ3n) is 4.19. The topological polar surface area (TPSA) is 36.0 Å². The Labute approximate surface area is 131 Å². The summed E-state index contributed by atoms with van der Waals surface area (Å²) >= 11 is 0. The van der Waals surface area contributed by atoms with E-state index in [1.165, 1.54) is 0 Å². The molecule has 1 unspecified atom stereocenters. The third kappa shape index (κ3) is 4.29. The molecule has 2 aliphatic rings. The molecule has 0 radical (unpaired) electrons. The van der Waals surface area contributed by atoms with Gasteiger partial charge in [0, 0.05) is 32.7 Å². The lowest BCUT2D eigenvalue weighted by Gasteiger charge is -2.45. The van der Waals surface area contributed by atoms with Crippen LogP contribution in [0.2, 0.25) is 0 Å². The molecule has 1 amide bonds. The van der Waals surface area contributed by atoms with E-state index in [1.807, 2.05) is 11.9 Å². The van der Waals surface area contributed by atoms with Crippen molar-refractivity contribution in [1.29, 1.82) is 0 Å². The SMILES string of the molecule is CN1CCN(C2CCN(C(=O)OC(C)(C)C)CC2(F)F)CC1. The number of hydrogen-bond acceptors (Lipinski definition) is 4. The van der Waals surface area contributed by atoms with Gasteiger partial charge in [-0.3, -0.25) is 4.90 Å². The summed E-state index contributed by atoms with van der Waals surface area (Å²) in [5.74, 6) is -2.90. The van der Waals surface area contributed by atoms with Crippen molar-refractivity contribution in [2.45, 2.75) is 44.8 Å². The fourth-order valence-corrected chi connectivity index (χ4v) is 2.99. The highest BCUT2D eigenvalue weighted by Crippen LogP contribution is 2.32. The highest BCUT2D eigenvalue weighted by molar-refractivity contribution is 5.68. The summed E-state index contributed by atoms with van der Waals surface area (Å²) in [6, 6.07) is -0.778. The molecule has 0 saturated carbocycles. The Morgan fingerprint density at radius 3 is 2.23 bits per heavy atom. The van der Waals surface area contributed by atoms with Gasteiger partial charge >= 0.3 is 6.09 Å². The Balaban J connectivity index is 1.96. The molecule has 128 valence electrons. The second-order valence-corrected chi connectivity index (χ2v) is 7.31. The molecule has 0 bridgehead atoms. The average Bonchev–Trinajstić information content (AvgIpc) is 2.37. The van der Waals surface area contributed by atoms with E-state index in [2.05, 4.69) is 4.90 Å². The molecule has 2 heterocycles. The Morgan fingerprint density at radius 2 is 1.73 bits per heavy atom. The molecule has 1 atom stereocenters. The van der Waals surface area contributed by atoms with E-state index in [-0.39, 0.29) is 6.42 Å². The number of alkyl halides is 2. The molecule has 2 fully saturated rings. The summed E-state index contributed by atoms with van der Waals surface area (Å²) in [4.78, 5) is 17.1. The van der Waals surface area contributed by atoms with Crippen molar-refractivity contribution in [2.24, 2.45) is 0 Å². The van der Waals surface area contributed by atoms with Gasteiger partial charge in [-0.25, -0.2) is 13.6 Å². The summed E-state index contributed by atoms with van der Waals surface area (Å²) in [6.07, 6.45) is -0.361. The minimum atomic E-state index is -2.90. The number of ether oxygens (including phenoxy) is 1. The minimum Gasteiger partial charge on any atom is -0.444 e. The molecule has 0 aromatic rings. The third-order valence-corrected chi connectivity index (χ3v) is 4.19. The number of likely N-dealkylation sites (tertiary alicyclic amines) is 1. The number of piperazine rings is 1. The van der Waals surface area contributed by atoms with E-state index >= 15 is 0 Å². The smallest absolute Gasteiger partial charge is 0.410 e. The second kappa shape index (κ2) is 6.28. The number of carbonyl (C=O) groups excluding carboxylic acids is 1. The molecule has 7 heteroatoms. The van der Waals surface area contributed by atoms with Gasteiger partial charge in [0.25, 0.3) is 5.92 Å². The molecule has 22 heavy (non-hydrogen) atoms. The van der Waals surface area contributed by atoms with Crippen molar-refractivity contribution in [3.05, 3.63) is 0 Å². The largest absolute Gasteiger partial charge is 0.444 e. The summed E-state index contributed by atoms with van der Waals surface area (Å²) in [5, 5.41) is 0. The summed E-state index contributed by atoms with van der Waals surface area (Å²) in [7, 11) is 2.00. The standard InChI is InChI=1S/C15H27F2N3O2/c1-14(2,3)22-13(21)20-6-5-12(15(16,17)11-20)19-9-7-18(4)8-10-19/h12H,5-11H2,1-4H3. The lowest BCUT2D eigenvalue weighted by molar-refractivity contribution is -0.131. The number of rotatable bonds is 1. The van der Waals surface area contributed by atoms with Gasteiger partial charge in [0.15, 0.2) is 0 Å². The van der Waals surface area contributed by atoms with Crippen LogP contribution in [0.3, 0.4) is 0 Å². The molecule has 0 aromatic heterocycles. The maximum atomic E-state index is 14.5. The molecule has 0 N–H and O–H groups in total. The molecule has 0 spiro atoms. The van der Waals surface area contributed by atoms with Crippen LogP contribution < -0.4 is 0 Å². The molecule has 2 aliphatic heterocycles. The van der Waals surface area contributed by atoms with Gasteiger partial charge in [0.1, 0.15) is 5.60 Å². The van der Waals surface area contributed by atoms with E-state index in [0.29, 0.717) is 19.6 Å². The zero-order valence-electron chi connectivity index (χ0n) is 13.9. The highest BCUT2D eigenvalue weighted by atomic mass is 19.3. The molecule has 2 saturated heterocycles. The first-order chi connectivity index (χ1) is 10.1. The van der Waals surface area contributed by atoms with Crippen molar-refractivity contribution in [2.75, 3.05) is 46.3 Å². The Hall–Kier alpha value is -0.950. The lowest BCUT2D eigenvalue weighted by atomic mass is 9.98. The first kappa shape index (κ1) is 17.4. The van der Waals surface area contributed by atoms with Crippen LogP contribution in [0.1, 0.15) is 27.2 Å². The predicted octanol–water partition coefficient (Wildman–Crippen LogP) is 1.88. The number of hydrogen-bond donors (Lipinski definition) is 0. The zero-order valence-corrected chi connectivity index (χ0v) is 13.9. The summed E-state index contributed by atoms with van der Waals surface area (Å²) < 4.78 is 34.2. The maximum Gasteiger partial charge on any atom is 0.410 e. The molecule has 0 aliphatic carbocycles. The molecular weight excluding hydrogens is 292 g/mol. The number of carbonyl (C=O) groups is 1. The van der Waals surface area contributed by atoms with Crippen LogP contribution in [0.4, 0.5) is 13.6 Å². The lowest BCUT2D eigenvalue weighted by Crippen LogP contribution is -2.62. The quantitative estimate of drug-likeness (QED) is 0.739. The van der Waals surface area contributed by atoms with Gasteiger partial charge in [-0.2, -0.15) is 0 Å². The average molecular weight is 319 g/mol. The fourth-order valence-electron chi connectivity index (χ4n) is 2.99. The van der Waals surface area contributed by atoms with Crippen LogP contribution in [0.25, 0.3) is 0 Å². The van der Waals surface area contributed by atoms with Crippen LogP contribution in [-0.2, 0) is 4.74 Å². The van der Waals surface area contributed by atoms with Crippen molar-refractivity contribution >= 4 is 6.09 Å². The highest BCUT2D eigenvalue weighted by Gasteiger charge is 2.49. The first-order valence-corrected chi connectivity index (χ1v) is 7.87. The van der Waals surface area contributed by atoms with Crippen LogP contribution in [0, 0.1) is 0 Å². The van der Waals surface area contributed by atoms with E-state index in [4.69, 9.17) is 4.74 Å². The van der Waals surface area contributed by atoms with E-state index in [1.54, 1.807) is 20.8 Å².